The summed E-state index contributed by atoms with van der Waals surface area (Å²) in [5.74, 6) is -0.222. The third-order valence-electron chi connectivity index (χ3n) is 5.09. The molecule has 3 aromatic heterocycles. The summed E-state index contributed by atoms with van der Waals surface area (Å²) in [7, 11) is 0. The second kappa shape index (κ2) is 6.37. The van der Waals surface area contributed by atoms with Crippen LogP contribution in [0.2, 0.25) is 0 Å². The molecule has 1 N–H and O–H groups in total. The zero-order chi connectivity index (χ0) is 19.4. The van der Waals surface area contributed by atoms with E-state index < -0.39 is 11.6 Å². The van der Waals surface area contributed by atoms with Crippen LogP contribution < -0.4 is 10.5 Å². The van der Waals surface area contributed by atoms with E-state index in [2.05, 4.69) is 26.0 Å². The number of nitrogens with one attached hydrogen (secondary N) is 1. The van der Waals surface area contributed by atoms with Gasteiger partial charge in [0.25, 0.3) is 5.56 Å². The zero-order valence-corrected chi connectivity index (χ0v) is 16.1. The molecule has 4 heterocycles. The molecule has 1 aliphatic rings. The van der Waals surface area contributed by atoms with E-state index in [9.17, 15) is 13.6 Å². The second-order valence-electron chi connectivity index (χ2n) is 6.78. The van der Waals surface area contributed by atoms with Gasteiger partial charge in [0.05, 0.1) is 15.9 Å². The monoisotopic (exact) mass is 445 g/mol. The van der Waals surface area contributed by atoms with Crippen molar-refractivity contribution in [2.45, 2.75) is 18.9 Å². The standard InChI is InChI=1S/C19H14BrF2N5O/c20-13-9-12-17(24-19(13)28)25-27-7-5-16(23-18(12)27)26-6-1-2-15(26)11-8-10(21)3-4-14(11)22/h3-5,7-9,15H,1-2,6H2,(H,24,25,28)/t15-/m1/s1. The number of anilines is 1. The van der Waals surface area contributed by atoms with E-state index in [1.165, 1.54) is 6.07 Å². The fraction of sp³-hybridized carbons (Fsp3) is 0.211. The number of rotatable bonds is 2. The molecule has 1 atom stereocenters. The summed E-state index contributed by atoms with van der Waals surface area (Å²) in [6.45, 7) is 0.691. The number of aromatic amines is 1. The Labute approximate surface area is 165 Å². The highest BCUT2D eigenvalue weighted by Gasteiger charge is 2.30. The van der Waals surface area contributed by atoms with Crippen LogP contribution in [0.15, 0.2) is 45.8 Å². The summed E-state index contributed by atoms with van der Waals surface area (Å²) in [5.41, 5.74) is 1.09. The summed E-state index contributed by atoms with van der Waals surface area (Å²) in [6.07, 6.45) is 3.32. The molecule has 6 nitrogen and oxygen atoms in total. The lowest BCUT2D eigenvalue weighted by Gasteiger charge is -2.26. The first-order valence-electron chi connectivity index (χ1n) is 8.81. The van der Waals surface area contributed by atoms with Crippen LogP contribution in [0.3, 0.4) is 0 Å². The van der Waals surface area contributed by atoms with Gasteiger partial charge in [0.2, 0.25) is 0 Å². The lowest BCUT2D eigenvalue weighted by Crippen LogP contribution is -2.24. The van der Waals surface area contributed by atoms with Gasteiger partial charge in [0.15, 0.2) is 11.3 Å². The minimum absolute atomic E-state index is 0.266. The number of fused-ring (bicyclic) bond motifs is 3. The van der Waals surface area contributed by atoms with Gasteiger partial charge in [0, 0.05) is 18.3 Å². The lowest BCUT2D eigenvalue weighted by molar-refractivity contribution is 0.560. The highest BCUT2D eigenvalue weighted by atomic mass is 79.9. The fourth-order valence-corrected chi connectivity index (χ4v) is 4.14. The van der Waals surface area contributed by atoms with Gasteiger partial charge in [-0.25, -0.2) is 18.3 Å². The van der Waals surface area contributed by atoms with Crippen molar-refractivity contribution in [3.05, 3.63) is 68.6 Å². The van der Waals surface area contributed by atoms with Crippen molar-refractivity contribution >= 4 is 38.4 Å². The van der Waals surface area contributed by atoms with E-state index in [-0.39, 0.29) is 11.6 Å². The molecule has 9 heteroatoms. The van der Waals surface area contributed by atoms with Gasteiger partial charge in [-0.15, -0.1) is 5.10 Å². The van der Waals surface area contributed by atoms with Gasteiger partial charge in [-0.1, -0.05) is 0 Å². The number of hydrogen-bond donors (Lipinski definition) is 1. The molecule has 0 unspecified atom stereocenters. The Morgan fingerprint density at radius 3 is 2.93 bits per heavy atom. The van der Waals surface area contributed by atoms with Crippen LogP contribution in [0.5, 0.6) is 0 Å². The minimum Gasteiger partial charge on any atom is -0.349 e. The van der Waals surface area contributed by atoms with Crippen molar-refractivity contribution in [3.8, 4) is 0 Å². The van der Waals surface area contributed by atoms with Gasteiger partial charge in [-0.2, -0.15) is 0 Å². The molecule has 0 saturated carbocycles. The van der Waals surface area contributed by atoms with E-state index in [1.807, 2.05) is 4.90 Å². The smallest absolute Gasteiger partial charge is 0.263 e. The molecule has 1 aromatic carbocycles. The van der Waals surface area contributed by atoms with Crippen LogP contribution in [-0.2, 0) is 0 Å². The van der Waals surface area contributed by atoms with Crippen molar-refractivity contribution in [3.63, 3.8) is 0 Å². The van der Waals surface area contributed by atoms with Crippen LogP contribution in [0.1, 0.15) is 24.4 Å². The summed E-state index contributed by atoms with van der Waals surface area (Å²) in [4.78, 5) is 21.2. The predicted octanol–water partition coefficient (Wildman–Crippen LogP) is 3.95. The number of nitrogens with zero attached hydrogens (tertiary/aromatic N) is 4. The van der Waals surface area contributed by atoms with Gasteiger partial charge in [0.1, 0.15) is 17.5 Å². The number of halogens is 3. The predicted molar refractivity (Wildman–Crippen MR) is 104 cm³/mol. The average molecular weight is 446 g/mol. The number of hydrogen-bond acceptors (Lipinski definition) is 4. The third kappa shape index (κ3) is 2.69. The highest BCUT2D eigenvalue weighted by molar-refractivity contribution is 9.10. The normalized spacial score (nSPS) is 17.1. The van der Waals surface area contributed by atoms with Crippen molar-refractivity contribution in [2.75, 3.05) is 11.4 Å². The van der Waals surface area contributed by atoms with E-state index in [0.29, 0.717) is 45.5 Å². The molecule has 5 rings (SSSR count). The number of benzene rings is 1. The number of aromatic nitrogens is 4. The van der Waals surface area contributed by atoms with Crippen molar-refractivity contribution < 1.29 is 8.78 Å². The first-order valence-corrected chi connectivity index (χ1v) is 9.60. The molecule has 0 radical (unpaired) electrons. The Morgan fingerprint density at radius 1 is 1.21 bits per heavy atom. The molecular formula is C19H14BrF2N5O. The molecule has 4 aromatic rings. The van der Waals surface area contributed by atoms with Crippen LogP contribution in [0.4, 0.5) is 14.6 Å². The fourth-order valence-electron chi connectivity index (χ4n) is 3.82. The quantitative estimate of drug-likeness (QED) is 0.507. The maximum Gasteiger partial charge on any atom is 0.263 e. The summed E-state index contributed by atoms with van der Waals surface area (Å²) >= 11 is 3.23. The van der Waals surface area contributed by atoms with Crippen LogP contribution >= 0.6 is 15.9 Å². The van der Waals surface area contributed by atoms with Crippen LogP contribution in [-0.4, -0.2) is 26.1 Å². The molecule has 1 fully saturated rings. The molecule has 142 valence electrons. The van der Waals surface area contributed by atoms with Crippen molar-refractivity contribution in [2.24, 2.45) is 0 Å². The summed E-state index contributed by atoms with van der Waals surface area (Å²) < 4.78 is 30.0. The topological polar surface area (TPSA) is 66.3 Å². The van der Waals surface area contributed by atoms with Gasteiger partial charge < -0.3 is 9.88 Å². The Hall–Kier alpha value is -2.81. The molecule has 0 aliphatic carbocycles. The third-order valence-corrected chi connectivity index (χ3v) is 5.68. The maximum absolute atomic E-state index is 14.3. The van der Waals surface area contributed by atoms with Crippen LogP contribution in [0.25, 0.3) is 16.7 Å². The summed E-state index contributed by atoms with van der Waals surface area (Å²) in [6, 6.07) is 6.73. The van der Waals surface area contributed by atoms with Gasteiger partial charge in [-0.3, -0.25) is 4.79 Å². The molecule has 28 heavy (non-hydrogen) atoms. The molecule has 0 spiro atoms. The molecular weight excluding hydrogens is 432 g/mol. The molecule has 0 bridgehead atoms. The van der Waals surface area contributed by atoms with E-state index >= 15 is 0 Å². The molecule has 1 saturated heterocycles. The Balaban J connectivity index is 1.63. The van der Waals surface area contributed by atoms with E-state index in [0.717, 1.165) is 18.6 Å². The highest BCUT2D eigenvalue weighted by Crippen LogP contribution is 2.37. The minimum atomic E-state index is -0.456. The molecule has 1 aliphatic heterocycles. The van der Waals surface area contributed by atoms with Crippen molar-refractivity contribution in [1.29, 1.82) is 0 Å². The molecule has 0 amide bonds. The Kier molecular flexibility index (Phi) is 3.94. The SMILES string of the molecule is O=c1[nH]c2nn3ccc(N4CCC[C@@H]4c4cc(F)ccc4F)nc3c2cc1Br. The van der Waals surface area contributed by atoms with Crippen molar-refractivity contribution in [1.82, 2.24) is 19.6 Å². The van der Waals surface area contributed by atoms with E-state index in [1.54, 1.807) is 22.8 Å². The number of pyridine rings is 1. The lowest BCUT2D eigenvalue weighted by atomic mass is 10.0. The second-order valence-corrected chi connectivity index (χ2v) is 7.63. The first-order chi connectivity index (χ1) is 13.5. The largest absolute Gasteiger partial charge is 0.349 e. The first kappa shape index (κ1) is 17.3. The Morgan fingerprint density at radius 2 is 2.07 bits per heavy atom. The maximum atomic E-state index is 14.3. The summed E-state index contributed by atoms with van der Waals surface area (Å²) in [5, 5.41) is 5.03. The Bertz CT molecular complexity index is 1280. The van der Waals surface area contributed by atoms with E-state index in [4.69, 9.17) is 4.98 Å². The average Bonchev–Trinajstić information content (AvgIpc) is 3.28. The number of H-pyrrole nitrogens is 1. The van der Waals surface area contributed by atoms with Crippen LogP contribution in [0, 0.1) is 11.6 Å². The van der Waals surface area contributed by atoms with Gasteiger partial charge >= 0.3 is 0 Å². The van der Waals surface area contributed by atoms with Gasteiger partial charge in [-0.05, 0) is 59.1 Å². The zero-order valence-electron chi connectivity index (χ0n) is 14.5.